The molecule has 3 aromatic rings. The Morgan fingerprint density at radius 2 is 1.72 bits per heavy atom. The maximum Gasteiger partial charge on any atom is 0.227 e. The lowest BCUT2D eigenvalue weighted by atomic mass is 10.2. The molecule has 29 heavy (non-hydrogen) atoms. The Bertz CT molecular complexity index is 975. The predicted molar refractivity (Wildman–Crippen MR) is 111 cm³/mol. The number of rotatable bonds is 5. The first-order chi connectivity index (χ1) is 14.0. The molecule has 0 spiro atoms. The molecule has 0 aliphatic carbocycles. The topological polar surface area (TPSA) is 62.1 Å². The summed E-state index contributed by atoms with van der Waals surface area (Å²) in [7, 11) is 4.00. The molecular weight excluding hydrogens is 369 g/mol. The van der Waals surface area contributed by atoms with Crippen LogP contribution in [0.2, 0.25) is 0 Å². The average Bonchev–Trinajstić information content (AvgIpc) is 3.05. The van der Waals surface area contributed by atoms with Gasteiger partial charge in [-0.05, 0) is 31.7 Å². The van der Waals surface area contributed by atoms with E-state index in [0.717, 1.165) is 44.2 Å². The SMILES string of the molecule is Cc1ncc(-c2nc(Nc3ccc(CN4CCN(C)CC4)cc3)ncc2F)n1C. The largest absolute Gasteiger partial charge is 0.330 e. The normalized spacial score (nSPS) is 15.6. The van der Waals surface area contributed by atoms with Crippen molar-refractivity contribution >= 4 is 11.6 Å². The minimum absolute atomic E-state index is 0.234. The van der Waals surface area contributed by atoms with Gasteiger partial charge >= 0.3 is 0 Å². The average molecular weight is 395 g/mol. The van der Waals surface area contributed by atoms with Crippen LogP contribution in [0.1, 0.15) is 11.4 Å². The number of aryl methyl sites for hydroxylation is 1. The Balaban J connectivity index is 1.45. The van der Waals surface area contributed by atoms with Gasteiger partial charge in [-0.15, -0.1) is 0 Å². The van der Waals surface area contributed by atoms with Crippen LogP contribution in [0.25, 0.3) is 11.4 Å². The van der Waals surface area contributed by atoms with Crippen molar-refractivity contribution in [3.63, 3.8) is 0 Å². The lowest BCUT2D eigenvalue weighted by molar-refractivity contribution is 0.148. The summed E-state index contributed by atoms with van der Waals surface area (Å²) in [5.41, 5.74) is 2.99. The van der Waals surface area contributed by atoms with Crippen LogP contribution < -0.4 is 5.32 Å². The van der Waals surface area contributed by atoms with Gasteiger partial charge in [0, 0.05) is 45.5 Å². The number of imidazole rings is 1. The number of hydrogen-bond acceptors (Lipinski definition) is 6. The fourth-order valence-corrected chi connectivity index (χ4v) is 3.42. The molecule has 1 aliphatic rings. The molecule has 2 aromatic heterocycles. The Labute approximate surface area is 170 Å². The zero-order chi connectivity index (χ0) is 20.4. The second-order valence-electron chi connectivity index (χ2n) is 7.54. The molecule has 0 saturated carbocycles. The molecule has 152 valence electrons. The van der Waals surface area contributed by atoms with Crippen LogP contribution in [0.15, 0.2) is 36.7 Å². The number of anilines is 2. The summed E-state index contributed by atoms with van der Waals surface area (Å²) in [6.07, 6.45) is 2.81. The highest BCUT2D eigenvalue weighted by Crippen LogP contribution is 2.23. The lowest BCUT2D eigenvalue weighted by Crippen LogP contribution is -2.43. The van der Waals surface area contributed by atoms with Crippen molar-refractivity contribution in [2.45, 2.75) is 13.5 Å². The maximum absolute atomic E-state index is 14.3. The van der Waals surface area contributed by atoms with Crippen LogP contribution >= 0.6 is 0 Å². The smallest absolute Gasteiger partial charge is 0.227 e. The summed E-state index contributed by atoms with van der Waals surface area (Å²) in [4.78, 5) is 17.5. The van der Waals surface area contributed by atoms with E-state index in [-0.39, 0.29) is 5.69 Å². The molecule has 7 nitrogen and oxygen atoms in total. The summed E-state index contributed by atoms with van der Waals surface area (Å²) in [5, 5.41) is 3.17. The molecule has 1 N–H and O–H groups in total. The van der Waals surface area contributed by atoms with Gasteiger partial charge in [-0.3, -0.25) is 4.90 Å². The van der Waals surface area contributed by atoms with Crippen molar-refractivity contribution in [2.24, 2.45) is 7.05 Å². The van der Waals surface area contributed by atoms with Crippen LogP contribution in [0, 0.1) is 12.7 Å². The Hall–Kier alpha value is -2.84. The minimum atomic E-state index is -0.471. The molecule has 4 rings (SSSR count). The standard InChI is InChI=1S/C21H26FN7/c1-15-23-13-19(28(15)3)20-18(22)12-24-21(26-20)25-17-6-4-16(5-7-17)14-29-10-8-27(2)9-11-29/h4-7,12-13H,8-11,14H2,1-3H3,(H,24,25,26). The van der Waals surface area contributed by atoms with E-state index < -0.39 is 5.82 Å². The first-order valence-electron chi connectivity index (χ1n) is 9.77. The van der Waals surface area contributed by atoms with E-state index >= 15 is 0 Å². The summed E-state index contributed by atoms with van der Waals surface area (Å²) >= 11 is 0. The Morgan fingerprint density at radius 1 is 1.00 bits per heavy atom. The van der Waals surface area contributed by atoms with Crippen molar-refractivity contribution in [1.82, 2.24) is 29.3 Å². The number of nitrogens with one attached hydrogen (secondary N) is 1. The summed E-state index contributed by atoms with van der Waals surface area (Å²) in [5.74, 6) is 0.677. The zero-order valence-corrected chi connectivity index (χ0v) is 17.1. The van der Waals surface area contributed by atoms with E-state index in [1.54, 1.807) is 6.20 Å². The fraction of sp³-hybridized carbons (Fsp3) is 0.381. The summed E-state index contributed by atoms with van der Waals surface area (Å²) in [6, 6.07) is 8.23. The van der Waals surface area contributed by atoms with Gasteiger partial charge in [0.15, 0.2) is 5.82 Å². The first-order valence-corrected chi connectivity index (χ1v) is 9.77. The molecule has 1 saturated heterocycles. The molecular formula is C21H26FN7. The number of likely N-dealkylation sites (N-methyl/N-ethyl adjacent to an activating group) is 1. The number of piperazine rings is 1. The number of halogens is 1. The van der Waals surface area contributed by atoms with Gasteiger partial charge in [-0.2, -0.15) is 0 Å². The van der Waals surface area contributed by atoms with E-state index in [2.05, 4.69) is 49.2 Å². The molecule has 0 radical (unpaired) electrons. The third-order valence-electron chi connectivity index (χ3n) is 5.42. The fourth-order valence-electron chi connectivity index (χ4n) is 3.42. The Morgan fingerprint density at radius 3 is 2.38 bits per heavy atom. The van der Waals surface area contributed by atoms with Crippen molar-refractivity contribution in [1.29, 1.82) is 0 Å². The number of aromatic nitrogens is 4. The third kappa shape index (κ3) is 4.44. The van der Waals surface area contributed by atoms with Gasteiger partial charge in [-0.1, -0.05) is 12.1 Å². The molecule has 1 aliphatic heterocycles. The lowest BCUT2D eigenvalue weighted by Gasteiger charge is -2.32. The van der Waals surface area contributed by atoms with Gasteiger partial charge in [0.2, 0.25) is 5.95 Å². The van der Waals surface area contributed by atoms with Gasteiger partial charge < -0.3 is 14.8 Å². The van der Waals surface area contributed by atoms with Gasteiger partial charge in [0.1, 0.15) is 11.5 Å². The molecule has 0 bridgehead atoms. The number of benzene rings is 1. The number of hydrogen-bond donors (Lipinski definition) is 1. The van der Waals surface area contributed by atoms with Crippen LogP contribution in [0.5, 0.6) is 0 Å². The van der Waals surface area contributed by atoms with Crippen molar-refractivity contribution in [2.75, 3.05) is 38.5 Å². The van der Waals surface area contributed by atoms with Gasteiger partial charge in [0.25, 0.3) is 0 Å². The monoisotopic (exact) mass is 395 g/mol. The molecule has 3 heterocycles. The molecule has 1 aromatic carbocycles. The van der Waals surface area contributed by atoms with Crippen LogP contribution in [-0.4, -0.2) is 62.5 Å². The minimum Gasteiger partial charge on any atom is -0.330 e. The van der Waals surface area contributed by atoms with E-state index in [1.807, 2.05) is 30.7 Å². The predicted octanol–water partition coefficient (Wildman–Crippen LogP) is 2.82. The highest BCUT2D eigenvalue weighted by Gasteiger charge is 2.15. The van der Waals surface area contributed by atoms with E-state index in [0.29, 0.717) is 11.6 Å². The van der Waals surface area contributed by atoms with E-state index in [1.165, 1.54) is 11.8 Å². The van der Waals surface area contributed by atoms with Crippen LogP contribution in [-0.2, 0) is 13.6 Å². The van der Waals surface area contributed by atoms with E-state index in [9.17, 15) is 4.39 Å². The molecule has 8 heteroatoms. The highest BCUT2D eigenvalue weighted by atomic mass is 19.1. The van der Waals surface area contributed by atoms with Crippen molar-refractivity contribution < 1.29 is 4.39 Å². The van der Waals surface area contributed by atoms with Gasteiger partial charge in [-0.25, -0.2) is 19.3 Å². The summed E-state index contributed by atoms with van der Waals surface area (Å²) in [6.45, 7) is 7.23. The maximum atomic E-state index is 14.3. The molecule has 0 atom stereocenters. The molecule has 0 amide bonds. The van der Waals surface area contributed by atoms with E-state index in [4.69, 9.17) is 0 Å². The van der Waals surface area contributed by atoms with Crippen molar-refractivity contribution in [3.05, 3.63) is 53.9 Å². The summed E-state index contributed by atoms with van der Waals surface area (Å²) < 4.78 is 16.1. The third-order valence-corrected chi connectivity index (χ3v) is 5.42. The second-order valence-corrected chi connectivity index (χ2v) is 7.54. The molecule has 1 fully saturated rings. The number of nitrogens with zero attached hydrogens (tertiary/aromatic N) is 6. The quantitative estimate of drug-likeness (QED) is 0.717. The van der Waals surface area contributed by atoms with Gasteiger partial charge in [0.05, 0.1) is 18.1 Å². The Kier molecular flexibility index (Phi) is 5.55. The second kappa shape index (κ2) is 8.26. The zero-order valence-electron chi connectivity index (χ0n) is 17.1. The molecule has 0 unspecified atom stereocenters. The highest BCUT2D eigenvalue weighted by molar-refractivity contribution is 5.60. The first kappa shape index (κ1) is 19.5. The van der Waals surface area contributed by atoms with Crippen LogP contribution in [0.4, 0.5) is 16.0 Å². The van der Waals surface area contributed by atoms with Crippen molar-refractivity contribution in [3.8, 4) is 11.4 Å². The van der Waals surface area contributed by atoms with Crippen LogP contribution in [0.3, 0.4) is 0 Å².